The van der Waals surface area contributed by atoms with E-state index in [4.69, 9.17) is 0 Å². The van der Waals surface area contributed by atoms with Crippen LogP contribution in [0.4, 0.5) is 0 Å². The molecule has 0 amide bonds. The Bertz CT molecular complexity index is 253. The van der Waals surface area contributed by atoms with Crippen LogP contribution < -0.4 is 0 Å². The summed E-state index contributed by atoms with van der Waals surface area (Å²) in [5.41, 5.74) is 1.86. The maximum Gasteiger partial charge on any atom is 0 e. The van der Waals surface area contributed by atoms with Gasteiger partial charge in [0.25, 0.3) is 0 Å². The van der Waals surface area contributed by atoms with E-state index in [1.54, 1.807) is 12.8 Å². The van der Waals surface area contributed by atoms with Crippen LogP contribution in [0.3, 0.4) is 0 Å². The molecule has 2 nitrogen and oxygen atoms in total. The van der Waals surface area contributed by atoms with Gasteiger partial charge in [0.2, 0.25) is 0 Å². The normalized spacial score (nSPS) is 34.8. The second kappa shape index (κ2) is 7.63. The average molecular weight is 277 g/mol. The van der Waals surface area contributed by atoms with Crippen molar-refractivity contribution in [3.63, 3.8) is 0 Å². The van der Waals surface area contributed by atoms with E-state index in [1.807, 2.05) is 5.57 Å². The van der Waals surface area contributed by atoms with Crippen LogP contribution >= 0.6 is 0 Å². The topological polar surface area (TPSA) is 63.0 Å². The van der Waals surface area contributed by atoms with Crippen molar-refractivity contribution >= 4 is 0 Å². The molecular weight excluding hydrogens is 251 g/mol. The van der Waals surface area contributed by atoms with Gasteiger partial charge >= 0.3 is 0 Å². The van der Waals surface area contributed by atoms with E-state index in [1.165, 1.54) is 44.9 Å². The van der Waals surface area contributed by atoms with Gasteiger partial charge < -0.3 is 11.0 Å². The molecule has 2 saturated carbocycles. The van der Waals surface area contributed by atoms with Gasteiger partial charge in [0.1, 0.15) is 0 Å². The molecule has 3 heteroatoms. The first-order valence-corrected chi connectivity index (χ1v) is 6.62. The minimum atomic E-state index is 0. The number of hydrogen-bond acceptors (Lipinski definition) is 0. The average Bonchev–Trinajstić information content (AvgIpc) is 2.26. The molecule has 3 aliphatic carbocycles. The van der Waals surface area contributed by atoms with Crippen LogP contribution in [0.2, 0.25) is 0 Å². The minimum Gasteiger partial charge on any atom is -0.412 e. The van der Waals surface area contributed by atoms with Gasteiger partial charge in [-0.05, 0) is 56.3 Å². The van der Waals surface area contributed by atoms with Crippen LogP contribution in [0.25, 0.3) is 0 Å². The van der Waals surface area contributed by atoms with Gasteiger partial charge in [0.15, 0.2) is 0 Å². The second-order valence-electron chi connectivity index (χ2n) is 5.65. The van der Waals surface area contributed by atoms with Crippen LogP contribution in [0.15, 0.2) is 11.6 Å². The van der Waals surface area contributed by atoms with Crippen molar-refractivity contribution in [2.75, 3.05) is 0 Å². The molecule has 0 bridgehead atoms. The molecule has 0 saturated heterocycles. The van der Waals surface area contributed by atoms with Crippen molar-refractivity contribution in [3.05, 3.63) is 11.6 Å². The van der Waals surface area contributed by atoms with E-state index in [0.717, 1.165) is 17.8 Å². The Morgan fingerprint density at radius 1 is 0.882 bits per heavy atom. The Labute approximate surface area is 117 Å². The molecule has 17 heavy (non-hydrogen) atoms. The predicted molar refractivity (Wildman–Crippen MR) is 67.3 cm³/mol. The summed E-state index contributed by atoms with van der Waals surface area (Å²) in [7, 11) is 0. The van der Waals surface area contributed by atoms with Crippen LogP contribution in [0.5, 0.6) is 0 Å². The van der Waals surface area contributed by atoms with Crippen molar-refractivity contribution in [1.82, 2.24) is 0 Å². The number of fused-ring (bicyclic) bond motifs is 2. The van der Waals surface area contributed by atoms with Crippen LogP contribution in [-0.2, 0) is 18.6 Å². The van der Waals surface area contributed by atoms with E-state index in [0.29, 0.717) is 0 Å². The molecule has 1 radical (unpaired) electrons. The Hall–Kier alpha value is 0.244. The molecular formula is C14H26O2V. The molecule has 3 aliphatic rings. The Morgan fingerprint density at radius 3 is 2.35 bits per heavy atom. The summed E-state index contributed by atoms with van der Waals surface area (Å²) in [6, 6.07) is 0. The standard InChI is InChI=1S/C14H22.2H2O.V/c1-2-6-12-10-14-8-4-3-7-13(14)9-11(12)5-1;;;/h5,12-14H,1-4,6-10H2;2*1H2;. The molecule has 2 fully saturated rings. The van der Waals surface area contributed by atoms with E-state index >= 15 is 0 Å². The number of rotatable bonds is 0. The fourth-order valence-corrected chi connectivity index (χ4v) is 4.05. The van der Waals surface area contributed by atoms with E-state index < -0.39 is 0 Å². The molecule has 0 aromatic heterocycles. The van der Waals surface area contributed by atoms with Crippen molar-refractivity contribution in [3.8, 4) is 0 Å². The summed E-state index contributed by atoms with van der Waals surface area (Å²) >= 11 is 0. The van der Waals surface area contributed by atoms with Gasteiger partial charge in [-0.1, -0.05) is 30.9 Å². The molecule has 0 spiro atoms. The Morgan fingerprint density at radius 2 is 1.59 bits per heavy atom. The molecule has 99 valence electrons. The third kappa shape index (κ3) is 3.60. The molecule has 0 aromatic carbocycles. The summed E-state index contributed by atoms with van der Waals surface area (Å²) in [6.45, 7) is 0. The van der Waals surface area contributed by atoms with Gasteiger partial charge in [0, 0.05) is 18.6 Å². The van der Waals surface area contributed by atoms with Gasteiger partial charge in [-0.3, -0.25) is 0 Å². The Balaban J connectivity index is 0.000000853. The van der Waals surface area contributed by atoms with Gasteiger partial charge in [0.05, 0.1) is 0 Å². The fourth-order valence-electron chi connectivity index (χ4n) is 4.05. The first-order valence-electron chi connectivity index (χ1n) is 6.62. The predicted octanol–water partition coefficient (Wildman–Crippen LogP) is 2.66. The third-order valence-corrected chi connectivity index (χ3v) is 4.84. The zero-order valence-electron chi connectivity index (χ0n) is 10.6. The zero-order valence-corrected chi connectivity index (χ0v) is 12.0. The van der Waals surface area contributed by atoms with Gasteiger partial charge in [-0.2, -0.15) is 0 Å². The van der Waals surface area contributed by atoms with Crippen LogP contribution in [-0.4, -0.2) is 11.0 Å². The van der Waals surface area contributed by atoms with E-state index in [2.05, 4.69) is 6.08 Å². The van der Waals surface area contributed by atoms with Crippen molar-refractivity contribution in [2.24, 2.45) is 17.8 Å². The maximum absolute atomic E-state index is 2.58. The third-order valence-electron chi connectivity index (χ3n) is 4.84. The summed E-state index contributed by atoms with van der Waals surface area (Å²) < 4.78 is 0. The van der Waals surface area contributed by atoms with Crippen molar-refractivity contribution in [2.45, 2.75) is 57.8 Å². The molecule has 0 aliphatic heterocycles. The summed E-state index contributed by atoms with van der Waals surface area (Å²) in [4.78, 5) is 0. The summed E-state index contributed by atoms with van der Waals surface area (Å²) in [5.74, 6) is 3.22. The van der Waals surface area contributed by atoms with E-state index in [9.17, 15) is 0 Å². The quantitative estimate of drug-likeness (QED) is 0.611. The summed E-state index contributed by atoms with van der Waals surface area (Å²) in [6.07, 6.45) is 16.1. The first-order chi connectivity index (χ1) is 6.93. The van der Waals surface area contributed by atoms with Crippen LogP contribution in [0.1, 0.15) is 57.8 Å². The largest absolute Gasteiger partial charge is 0.412 e. The van der Waals surface area contributed by atoms with Crippen LogP contribution in [0, 0.1) is 17.8 Å². The SMILES string of the molecule is C1=C2CC3CCCCC3CC2CCC1.O.O.[V]. The Kier molecular flexibility index (Phi) is 7.74. The van der Waals surface area contributed by atoms with Crippen molar-refractivity contribution in [1.29, 1.82) is 0 Å². The van der Waals surface area contributed by atoms with Gasteiger partial charge in [-0.15, -0.1) is 0 Å². The summed E-state index contributed by atoms with van der Waals surface area (Å²) in [5, 5.41) is 0. The van der Waals surface area contributed by atoms with Gasteiger partial charge in [-0.25, -0.2) is 0 Å². The zero-order chi connectivity index (χ0) is 9.38. The smallest absolute Gasteiger partial charge is 0 e. The molecule has 0 heterocycles. The molecule has 3 rings (SSSR count). The monoisotopic (exact) mass is 277 g/mol. The molecule has 4 N–H and O–H groups in total. The van der Waals surface area contributed by atoms with Crippen molar-refractivity contribution < 1.29 is 29.5 Å². The fraction of sp³-hybridized carbons (Fsp3) is 0.857. The number of allylic oxidation sites excluding steroid dienone is 2. The molecule has 3 atom stereocenters. The van der Waals surface area contributed by atoms with E-state index in [-0.39, 0.29) is 29.5 Å². The second-order valence-corrected chi connectivity index (χ2v) is 5.65. The number of hydrogen-bond donors (Lipinski definition) is 0. The minimum absolute atomic E-state index is 0. The molecule has 3 unspecified atom stereocenters. The first kappa shape index (κ1) is 17.2. The maximum atomic E-state index is 2.58. The molecule has 0 aromatic rings.